The lowest BCUT2D eigenvalue weighted by molar-refractivity contribution is -0.112. The molecule has 0 saturated carbocycles. The van der Waals surface area contributed by atoms with Crippen LogP contribution in [0.15, 0.2) is 59.1 Å². The minimum Gasteiger partial charge on any atom is -0.402 e. The molecule has 0 aromatic carbocycles. The third kappa shape index (κ3) is 6.47. The van der Waals surface area contributed by atoms with E-state index in [0.717, 1.165) is 24.1 Å². The molecule has 1 saturated heterocycles. The van der Waals surface area contributed by atoms with Crippen molar-refractivity contribution in [1.29, 1.82) is 0 Å². The molecule has 2 aliphatic rings. The standard InChI is InChI=1S/C20H30N4O3S/c1-4-17(15(3)21)20(25)19-7-5-6-14(2)18(8-11-22-19)24-28(26)23-16-9-12-27-13-10-16/h4,6-8,16,22-24H,1,5,9-13,21H2,2-3H3/b14-6-,17-15-,18-8+,19-7-. The minimum absolute atomic E-state index is 0.177. The van der Waals surface area contributed by atoms with Crippen LogP contribution in [0.4, 0.5) is 0 Å². The zero-order valence-electron chi connectivity index (χ0n) is 16.5. The summed E-state index contributed by atoms with van der Waals surface area (Å²) in [5.74, 6) is -0.185. The summed E-state index contributed by atoms with van der Waals surface area (Å²) >= 11 is -1.40. The van der Waals surface area contributed by atoms with E-state index < -0.39 is 11.2 Å². The highest BCUT2D eigenvalue weighted by molar-refractivity contribution is 7.81. The molecule has 0 bridgehead atoms. The zero-order valence-corrected chi connectivity index (χ0v) is 17.4. The monoisotopic (exact) mass is 406 g/mol. The van der Waals surface area contributed by atoms with Crippen molar-refractivity contribution in [2.24, 2.45) is 5.73 Å². The number of nitrogens with two attached hydrogens (primary N) is 1. The summed E-state index contributed by atoms with van der Waals surface area (Å²) in [7, 11) is 0. The molecule has 0 amide bonds. The highest BCUT2D eigenvalue weighted by Crippen LogP contribution is 2.14. The van der Waals surface area contributed by atoms with E-state index in [1.807, 2.05) is 25.2 Å². The van der Waals surface area contributed by atoms with Crippen LogP contribution in [0.3, 0.4) is 0 Å². The Hall–Kier alpha value is -2.16. The van der Waals surface area contributed by atoms with Gasteiger partial charge in [-0.05, 0) is 44.8 Å². The van der Waals surface area contributed by atoms with Gasteiger partial charge in [-0.2, -0.15) is 0 Å². The summed E-state index contributed by atoms with van der Waals surface area (Å²) in [6.07, 6.45) is 9.42. The molecule has 1 fully saturated rings. The number of allylic oxidation sites excluding steroid dienone is 6. The number of hydrogen-bond acceptors (Lipinski definition) is 5. The van der Waals surface area contributed by atoms with Crippen LogP contribution in [-0.4, -0.2) is 35.8 Å². The van der Waals surface area contributed by atoms with Gasteiger partial charge in [0.1, 0.15) is 0 Å². The Labute approximate surface area is 169 Å². The summed E-state index contributed by atoms with van der Waals surface area (Å²) in [6, 6.07) is 0.177. The summed E-state index contributed by atoms with van der Waals surface area (Å²) < 4.78 is 23.9. The van der Waals surface area contributed by atoms with E-state index in [-0.39, 0.29) is 11.8 Å². The average Bonchev–Trinajstić information content (AvgIpc) is 2.74. The predicted molar refractivity (Wildman–Crippen MR) is 113 cm³/mol. The maximum absolute atomic E-state index is 12.6. The highest BCUT2D eigenvalue weighted by Gasteiger charge is 2.17. The fourth-order valence-electron chi connectivity index (χ4n) is 2.93. The van der Waals surface area contributed by atoms with Crippen LogP contribution in [0.1, 0.15) is 33.1 Å². The lowest BCUT2D eigenvalue weighted by Gasteiger charge is -2.23. The van der Waals surface area contributed by atoms with Crippen LogP contribution in [0, 0.1) is 0 Å². The van der Waals surface area contributed by atoms with E-state index in [2.05, 4.69) is 21.3 Å². The largest absolute Gasteiger partial charge is 0.402 e. The number of carbonyl (C=O) groups excluding carboxylic acids is 1. The first-order chi connectivity index (χ1) is 13.4. The van der Waals surface area contributed by atoms with Crippen molar-refractivity contribution in [3.63, 3.8) is 0 Å². The molecular formula is C20H30N4O3S. The van der Waals surface area contributed by atoms with Gasteiger partial charge in [0.25, 0.3) is 0 Å². The molecule has 5 N–H and O–H groups in total. The van der Waals surface area contributed by atoms with E-state index in [0.29, 0.717) is 43.1 Å². The summed E-state index contributed by atoms with van der Waals surface area (Å²) in [6.45, 7) is 9.08. The van der Waals surface area contributed by atoms with Crippen LogP contribution in [0.5, 0.6) is 0 Å². The second-order valence-electron chi connectivity index (χ2n) is 6.74. The number of ketones is 1. The van der Waals surface area contributed by atoms with Gasteiger partial charge in [-0.3, -0.25) is 9.52 Å². The molecule has 8 heteroatoms. The SMILES string of the molecule is C=C/C(C(=O)/C1=C/C/C=C(C)\C(NS(=O)NC2CCOCC2)=C/CN1)=C(\C)N. The number of rotatable bonds is 7. The molecule has 2 aliphatic heterocycles. The van der Waals surface area contributed by atoms with Gasteiger partial charge in [0.15, 0.2) is 11.2 Å². The average molecular weight is 407 g/mol. The molecule has 0 spiro atoms. The van der Waals surface area contributed by atoms with Gasteiger partial charge in [0.05, 0.1) is 5.70 Å². The van der Waals surface area contributed by atoms with Crippen LogP contribution < -0.4 is 20.5 Å². The number of nitrogens with one attached hydrogen (secondary N) is 3. The first kappa shape index (κ1) is 22.1. The topological polar surface area (TPSA) is 105 Å². The van der Waals surface area contributed by atoms with Crippen LogP contribution in [0.2, 0.25) is 0 Å². The van der Waals surface area contributed by atoms with E-state index in [1.54, 1.807) is 6.92 Å². The van der Waals surface area contributed by atoms with Crippen molar-refractivity contribution in [2.75, 3.05) is 19.8 Å². The fraction of sp³-hybridized carbons (Fsp3) is 0.450. The Morgan fingerprint density at radius 3 is 2.71 bits per heavy atom. The Morgan fingerprint density at radius 1 is 1.36 bits per heavy atom. The number of Topliss-reactive ketones (excluding diaryl/α,β-unsaturated/α-hetero) is 1. The van der Waals surface area contributed by atoms with E-state index in [4.69, 9.17) is 10.5 Å². The van der Waals surface area contributed by atoms with Gasteiger partial charge < -0.3 is 15.8 Å². The Bertz CT molecular complexity index is 743. The second kappa shape index (κ2) is 11.0. The van der Waals surface area contributed by atoms with Crippen LogP contribution >= 0.6 is 0 Å². The Morgan fingerprint density at radius 2 is 2.07 bits per heavy atom. The second-order valence-corrected chi connectivity index (χ2v) is 7.72. The summed E-state index contributed by atoms with van der Waals surface area (Å²) in [5, 5.41) is 3.12. The quantitative estimate of drug-likeness (QED) is 0.380. The van der Waals surface area contributed by atoms with E-state index in [9.17, 15) is 9.00 Å². The van der Waals surface area contributed by atoms with Crippen molar-refractivity contribution in [3.8, 4) is 0 Å². The lowest BCUT2D eigenvalue weighted by atomic mass is 10.1. The van der Waals surface area contributed by atoms with E-state index in [1.165, 1.54) is 6.08 Å². The van der Waals surface area contributed by atoms with Gasteiger partial charge in [0.2, 0.25) is 5.78 Å². The number of carbonyl (C=O) groups is 1. The summed E-state index contributed by atoms with van der Waals surface area (Å²) in [5.41, 5.74) is 8.81. The summed E-state index contributed by atoms with van der Waals surface area (Å²) in [4.78, 5) is 12.6. The predicted octanol–water partition coefficient (Wildman–Crippen LogP) is 1.62. The van der Waals surface area contributed by atoms with Gasteiger partial charge in [-0.1, -0.05) is 24.8 Å². The normalized spacial score (nSPS) is 26.3. The van der Waals surface area contributed by atoms with Crippen molar-refractivity contribution in [1.82, 2.24) is 14.8 Å². The third-order valence-electron chi connectivity index (χ3n) is 4.59. The molecule has 1 atom stereocenters. The first-order valence-corrected chi connectivity index (χ1v) is 10.5. The maximum Gasteiger partial charge on any atom is 0.210 e. The Balaban J connectivity index is 2.03. The molecule has 1 unspecified atom stereocenters. The smallest absolute Gasteiger partial charge is 0.210 e. The van der Waals surface area contributed by atoms with Gasteiger partial charge in [0, 0.05) is 42.8 Å². The van der Waals surface area contributed by atoms with Crippen LogP contribution in [0.25, 0.3) is 0 Å². The number of hydrogen-bond donors (Lipinski definition) is 4. The highest BCUT2D eigenvalue weighted by atomic mass is 32.2. The van der Waals surface area contributed by atoms with Gasteiger partial charge in [-0.15, -0.1) is 0 Å². The van der Waals surface area contributed by atoms with Gasteiger partial charge in [-0.25, -0.2) is 8.93 Å². The molecule has 28 heavy (non-hydrogen) atoms. The molecule has 154 valence electrons. The molecule has 0 aliphatic carbocycles. The molecule has 0 aromatic rings. The van der Waals surface area contributed by atoms with E-state index >= 15 is 0 Å². The number of ether oxygens (including phenoxy) is 1. The Kier molecular flexibility index (Phi) is 8.69. The minimum atomic E-state index is -1.40. The fourth-order valence-corrected chi connectivity index (χ4v) is 3.97. The van der Waals surface area contributed by atoms with Crippen molar-refractivity contribution < 1.29 is 13.7 Å². The van der Waals surface area contributed by atoms with Crippen molar-refractivity contribution in [2.45, 2.75) is 39.2 Å². The molecule has 7 nitrogen and oxygen atoms in total. The molecule has 2 rings (SSSR count). The first-order valence-electron chi connectivity index (χ1n) is 9.39. The zero-order chi connectivity index (χ0) is 20.5. The third-order valence-corrected chi connectivity index (χ3v) is 5.54. The molecule has 0 radical (unpaired) electrons. The molecule has 2 heterocycles. The van der Waals surface area contributed by atoms with Gasteiger partial charge >= 0.3 is 0 Å². The van der Waals surface area contributed by atoms with Crippen molar-refractivity contribution >= 4 is 17.0 Å². The lowest BCUT2D eigenvalue weighted by Crippen LogP contribution is -2.40. The van der Waals surface area contributed by atoms with Crippen molar-refractivity contribution in [3.05, 3.63) is 59.1 Å². The molecular weight excluding hydrogens is 376 g/mol. The van der Waals surface area contributed by atoms with Crippen LogP contribution in [-0.2, 0) is 20.7 Å². The molecule has 0 aromatic heterocycles. The maximum atomic E-state index is 12.6.